The molecule has 0 unspecified atom stereocenters. The molecule has 1 amide bonds. The Morgan fingerprint density at radius 1 is 0.912 bits per heavy atom. The quantitative estimate of drug-likeness (QED) is 0.421. The van der Waals surface area contributed by atoms with Crippen molar-refractivity contribution in [2.45, 2.75) is 13.5 Å². The number of anilines is 1. The first-order chi connectivity index (χ1) is 16.4. The van der Waals surface area contributed by atoms with Gasteiger partial charge in [0.05, 0.1) is 25.3 Å². The van der Waals surface area contributed by atoms with Crippen LogP contribution < -0.4 is 20.2 Å². The first kappa shape index (κ1) is 22.8. The smallest absolute Gasteiger partial charge is 0.244 e. The van der Waals surface area contributed by atoms with Gasteiger partial charge < -0.3 is 19.4 Å². The molecular formula is C27H24N2O5. The van der Waals surface area contributed by atoms with Gasteiger partial charge in [-0.3, -0.25) is 14.4 Å². The Kier molecular flexibility index (Phi) is 6.45. The van der Waals surface area contributed by atoms with Gasteiger partial charge in [0.1, 0.15) is 18.0 Å². The van der Waals surface area contributed by atoms with Crippen LogP contribution in [0.15, 0.2) is 77.7 Å². The molecule has 3 aromatic carbocycles. The molecule has 7 heteroatoms. The number of fused-ring (bicyclic) bond motifs is 1. The number of amides is 1. The van der Waals surface area contributed by atoms with Crippen molar-refractivity contribution in [2.75, 3.05) is 19.5 Å². The summed E-state index contributed by atoms with van der Waals surface area (Å²) in [6.07, 6.45) is 1.46. The third-order valence-electron chi connectivity index (χ3n) is 5.47. The summed E-state index contributed by atoms with van der Waals surface area (Å²) in [5.74, 6) is 0.351. The topological polar surface area (TPSA) is 86.6 Å². The minimum atomic E-state index is -0.388. The van der Waals surface area contributed by atoms with E-state index in [0.29, 0.717) is 33.7 Å². The number of ketones is 1. The zero-order valence-electron chi connectivity index (χ0n) is 19.1. The third-order valence-corrected chi connectivity index (χ3v) is 5.47. The summed E-state index contributed by atoms with van der Waals surface area (Å²) in [6.45, 7) is 1.77. The molecule has 34 heavy (non-hydrogen) atoms. The number of nitrogens with zero attached hydrogens (tertiary/aromatic N) is 1. The maximum atomic E-state index is 13.2. The zero-order valence-corrected chi connectivity index (χ0v) is 19.1. The summed E-state index contributed by atoms with van der Waals surface area (Å²) in [5.41, 5.74) is 2.02. The first-order valence-electron chi connectivity index (χ1n) is 10.7. The van der Waals surface area contributed by atoms with Gasteiger partial charge >= 0.3 is 0 Å². The van der Waals surface area contributed by atoms with Crippen molar-refractivity contribution in [1.29, 1.82) is 0 Å². The van der Waals surface area contributed by atoms with Gasteiger partial charge in [0.2, 0.25) is 11.3 Å². The highest BCUT2D eigenvalue weighted by atomic mass is 16.5. The lowest BCUT2D eigenvalue weighted by molar-refractivity contribution is -0.116. The molecule has 0 radical (unpaired) electrons. The molecule has 0 aliphatic rings. The molecule has 0 aliphatic carbocycles. The molecule has 1 N–H and O–H groups in total. The molecule has 4 rings (SSSR count). The average Bonchev–Trinajstić information content (AvgIpc) is 2.85. The number of aromatic nitrogens is 1. The predicted molar refractivity (Wildman–Crippen MR) is 131 cm³/mol. The van der Waals surface area contributed by atoms with Gasteiger partial charge in [-0.2, -0.15) is 0 Å². The fraction of sp³-hybridized carbons (Fsp3) is 0.148. The fourth-order valence-electron chi connectivity index (χ4n) is 3.78. The second-order valence-electron chi connectivity index (χ2n) is 7.87. The number of carbonyl (C=O) groups excluding carboxylic acids is 2. The molecule has 1 aromatic heterocycles. The van der Waals surface area contributed by atoms with Crippen LogP contribution in [0.1, 0.15) is 21.5 Å². The molecule has 1 heterocycles. The van der Waals surface area contributed by atoms with Crippen molar-refractivity contribution >= 4 is 28.3 Å². The normalized spacial score (nSPS) is 10.7. The molecule has 172 valence electrons. The van der Waals surface area contributed by atoms with E-state index in [4.69, 9.17) is 9.47 Å². The van der Waals surface area contributed by atoms with Gasteiger partial charge in [-0.15, -0.1) is 0 Å². The Labute approximate surface area is 196 Å². The minimum Gasteiger partial charge on any atom is -0.497 e. The van der Waals surface area contributed by atoms with E-state index in [0.717, 1.165) is 5.56 Å². The van der Waals surface area contributed by atoms with Crippen molar-refractivity contribution in [3.05, 3.63) is 99.8 Å². The van der Waals surface area contributed by atoms with Gasteiger partial charge in [-0.05, 0) is 19.1 Å². The van der Waals surface area contributed by atoms with Crippen LogP contribution in [-0.4, -0.2) is 30.5 Å². The monoisotopic (exact) mass is 456 g/mol. The summed E-state index contributed by atoms with van der Waals surface area (Å²) in [5, 5.41) is 3.21. The van der Waals surface area contributed by atoms with Gasteiger partial charge in [0.25, 0.3) is 0 Å². The van der Waals surface area contributed by atoms with Crippen molar-refractivity contribution in [2.24, 2.45) is 0 Å². The van der Waals surface area contributed by atoms with Gasteiger partial charge in [-0.1, -0.05) is 42.0 Å². The lowest BCUT2D eigenvalue weighted by Crippen LogP contribution is -2.24. The van der Waals surface area contributed by atoms with Crippen LogP contribution in [0.2, 0.25) is 0 Å². The molecule has 7 nitrogen and oxygen atoms in total. The minimum absolute atomic E-state index is 0.0140. The first-order valence-corrected chi connectivity index (χ1v) is 10.7. The van der Waals surface area contributed by atoms with E-state index >= 15 is 0 Å². The predicted octanol–water partition coefficient (Wildman–Crippen LogP) is 4.20. The van der Waals surface area contributed by atoms with Crippen LogP contribution in [0, 0.1) is 6.92 Å². The Bertz CT molecular complexity index is 1420. The SMILES string of the molecule is COc1cc(NC(=O)Cn2cc(C(=O)c3ccccc3)c(=O)c3cc(C)ccc32)cc(OC)c1. The molecule has 0 saturated carbocycles. The summed E-state index contributed by atoms with van der Waals surface area (Å²) in [6, 6.07) is 19.1. The maximum absolute atomic E-state index is 13.2. The second kappa shape index (κ2) is 9.62. The Hall–Kier alpha value is -4.39. The zero-order chi connectivity index (χ0) is 24.2. The van der Waals surface area contributed by atoms with Crippen molar-refractivity contribution in [3.8, 4) is 11.5 Å². The Balaban J connectivity index is 1.73. The number of nitrogens with one attached hydrogen (secondary N) is 1. The van der Waals surface area contributed by atoms with Crippen molar-refractivity contribution in [3.63, 3.8) is 0 Å². The average molecular weight is 456 g/mol. The molecular weight excluding hydrogens is 432 g/mol. The van der Waals surface area contributed by atoms with Gasteiger partial charge in [0.15, 0.2) is 5.78 Å². The highest BCUT2D eigenvalue weighted by Crippen LogP contribution is 2.26. The highest BCUT2D eigenvalue weighted by Gasteiger charge is 2.18. The van der Waals surface area contributed by atoms with Crippen LogP contribution in [-0.2, 0) is 11.3 Å². The number of aryl methyl sites for hydroxylation is 1. The summed E-state index contributed by atoms with van der Waals surface area (Å²) >= 11 is 0. The highest BCUT2D eigenvalue weighted by molar-refractivity contribution is 6.10. The van der Waals surface area contributed by atoms with E-state index < -0.39 is 0 Å². The fourth-order valence-corrected chi connectivity index (χ4v) is 3.78. The number of rotatable bonds is 7. The van der Waals surface area contributed by atoms with Gasteiger partial charge in [0, 0.05) is 41.0 Å². The molecule has 0 bridgehead atoms. The van der Waals surface area contributed by atoms with E-state index in [2.05, 4.69) is 5.32 Å². The summed E-state index contributed by atoms with van der Waals surface area (Å²) in [4.78, 5) is 39.3. The van der Waals surface area contributed by atoms with E-state index in [1.165, 1.54) is 20.4 Å². The number of carbonyl (C=O) groups is 2. The molecule has 0 atom stereocenters. The molecule has 0 saturated heterocycles. The van der Waals surface area contributed by atoms with Gasteiger partial charge in [-0.25, -0.2) is 0 Å². The van der Waals surface area contributed by atoms with E-state index in [1.807, 2.05) is 13.0 Å². The molecule has 0 spiro atoms. The lowest BCUT2D eigenvalue weighted by atomic mass is 10.0. The number of hydrogen-bond donors (Lipinski definition) is 1. The standard InChI is InChI=1S/C27H24N2O5/c1-17-9-10-24-22(11-17)27(32)23(26(31)18-7-5-4-6-8-18)15-29(24)16-25(30)28-19-12-20(33-2)14-21(13-19)34-3/h4-15H,16H2,1-3H3,(H,28,30). The second-order valence-corrected chi connectivity index (χ2v) is 7.87. The number of pyridine rings is 1. The lowest BCUT2D eigenvalue weighted by Gasteiger charge is -2.15. The molecule has 4 aromatic rings. The van der Waals surface area contributed by atoms with Crippen LogP contribution >= 0.6 is 0 Å². The van der Waals surface area contributed by atoms with Crippen LogP contribution in [0.4, 0.5) is 5.69 Å². The maximum Gasteiger partial charge on any atom is 0.244 e. The Morgan fingerprint density at radius 3 is 2.24 bits per heavy atom. The molecule has 0 aliphatic heterocycles. The van der Waals surface area contributed by atoms with E-state index in [-0.39, 0.29) is 29.2 Å². The van der Waals surface area contributed by atoms with E-state index in [1.54, 1.807) is 65.2 Å². The van der Waals surface area contributed by atoms with E-state index in [9.17, 15) is 14.4 Å². The number of methoxy groups -OCH3 is 2. The summed E-state index contributed by atoms with van der Waals surface area (Å²) < 4.78 is 12.1. The number of ether oxygens (including phenoxy) is 2. The number of benzene rings is 3. The largest absolute Gasteiger partial charge is 0.497 e. The Morgan fingerprint density at radius 2 is 1.59 bits per heavy atom. The summed E-state index contributed by atoms with van der Waals surface area (Å²) in [7, 11) is 3.06. The number of hydrogen-bond acceptors (Lipinski definition) is 5. The van der Waals surface area contributed by atoms with Crippen molar-refractivity contribution in [1.82, 2.24) is 4.57 Å². The van der Waals surface area contributed by atoms with Crippen LogP contribution in [0.3, 0.4) is 0 Å². The third kappa shape index (κ3) is 4.68. The van der Waals surface area contributed by atoms with Crippen LogP contribution in [0.25, 0.3) is 10.9 Å². The van der Waals surface area contributed by atoms with Crippen molar-refractivity contribution < 1.29 is 19.1 Å². The van der Waals surface area contributed by atoms with Crippen LogP contribution in [0.5, 0.6) is 11.5 Å². The molecule has 0 fully saturated rings.